The second kappa shape index (κ2) is 29.0. The van der Waals surface area contributed by atoms with Crippen molar-refractivity contribution in [1.29, 1.82) is 0 Å². The topological polar surface area (TPSA) is 13.1 Å². The van der Waals surface area contributed by atoms with Gasteiger partial charge in [-0.25, -0.2) is 0 Å². The fourth-order valence-electron chi connectivity index (χ4n) is 17.4. The Morgan fingerprint density at radius 3 is 1.09 bits per heavy atom. The van der Waals surface area contributed by atoms with Crippen LogP contribution in [0.15, 0.2) is 453 Å². The highest BCUT2D eigenvalue weighted by Gasteiger charge is 2.24. The van der Waals surface area contributed by atoms with E-state index in [9.17, 15) is 2.74 Å². The van der Waals surface area contributed by atoms with Crippen LogP contribution in [0.5, 0.6) is 0 Å². The molecule has 24 rings (SSSR count). The summed E-state index contributed by atoms with van der Waals surface area (Å²) in [6.45, 7) is 0. The summed E-state index contributed by atoms with van der Waals surface area (Å²) in [4.78, 5) is 0. The third kappa shape index (κ3) is 11.9. The molecule has 24 aromatic rings. The first-order valence-electron chi connectivity index (χ1n) is 49.6. The van der Waals surface area contributed by atoms with Crippen LogP contribution in [-0.4, -0.2) is 0 Å². The summed E-state index contributed by atoms with van der Waals surface area (Å²) in [7, 11) is 0. The van der Waals surface area contributed by atoms with E-state index in [2.05, 4.69) is 121 Å². The van der Waals surface area contributed by atoms with E-state index in [-0.39, 0.29) is 144 Å². The molecule has 0 saturated carbocycles. The summed E-state index contributed by atoms with van der Waals surface area (Å²) in [6, 6.07) is 97.1. The molecule has 0 spiro atoms. The smallest absolute Gasteiger partial charge is 0.143 e. The summed E-state index contributed by atoms with van der Waals surface area (Å²) >= 11 is 0. The van der Waals surface area contributed by atoms with E-state index in [1.165, 1.54) is 21.5 Å². The normalized spacial score (nSPS) is 14.2. The van der Waals surface area contributed by atoms with Crippen LogP contribution >= 0.6 is 0 Å². The Bertz CT molecular complexity index is 9290. The molecule has 1 nitrogen and oxygen atoms in total. The van der Waals surface area contributed by atoms with Gasteiger partial charge in [-0.15, -0.1) is 0 Å². The molecule has 0 atom stereocenters. The van der Waals surface area contributed by atoms with E-state index < -0.39 is 54.4 Å². The molecule has 1 aromatic heterocycles. The Labute approximate surface area is 709 Å². The fourth-order valence-corrected chi connectivity index (χ4v) is 17.4. The Hall–Kier alpha value is -15.3. The summed E-state index contributed by atoms with van der Waals surface area (Å²) in [6.07, 6.45) is 0. The zero-order chi connectivity index (χ0) is 96.4. The molecular formula is C116H74O. The molecule has 0 aliphatic carbocycles. The number of hydrogen-bond acceptors (Lipinski definition) is 1. The van der Waals surface area contributed by atoms with Crippen molar-refractivity contribution in [3.63, 3.8) is 0 Å². The molecule has 0 aliphatic rings. The van der Waals surface area contributed by atoms with E-state index in [1.807, 2.05) is 194 Å². The molecule has 0 fully saturated rings. The van der Waals surface area contributed by atoms with Crippen LogP contribution in [0, 0.1) is 0 Å². The van der Waals surface area contributed by atoms with Crippen LogP contribution in [0.2, 0.25) is 0 Å². The molecule has 1 heterocycles. The maximum Gasteiger partial charge on any atom is 0.143 e. The van der Waals surface area contributed by atoms with Gasteiger partial charge in [0, 0.05) is 21.9 Å². The number of rotatable bonds is 8. The van der Waals surface area contributed by atoms with Crippen molar-refractivity contribution in [2.45, 2.75) is 0 Å². The van der Waals surface area contributed by atoms with Gasteiger partial charge < -0.3 is 4.42 Å². The number of benzene rings is 23. The summed E-state index contributed by atoms with van der Waals surface area (Å²) in [5, 5.41) is 16.0. The van der Waals surface area contributed by atoms with Crippen LogP contribution < -0.4 is 0 Å². The maximum absolute atomic E-state index is 9.30. The van der Waals surface area contributed by atoms with Gasteiger partial charge >= 0.3 is 0 Å². The van der Waals surface area contributed by atoms with Gasteiger partial charge in [0.1, 0.15) is 11.2 Å². The largest absolute Gasteiger partial charge is 0.455 e. The lowest BCUT2D eigenvalue weighted by molar-refractivity contribution is 0.670. The molecule has 0 N–H and O–H groups in total. The Kier molecular flexibility index (Phi) is 12.2. The third-order valence-electron chi connectivity index (χ3n) is 22.5. The van der Waals surface area contributed by atoms with Crippen LogP contribution in [0.1, 0.15) is 30.2 Å². The summed E-state index contributed by atoms with van der Waals surface area (Å²) in [5.41, 5.74) is 12.2. The molecule has 0 radical (unpaired) electrons. The molecule has 117 heavy (non-hydrogen) atoms. The molecule has 0 amide bonds. The van der Waals surface area contributed by atoms with Crippen molar-refractivity contribution in [1.82, 2.24) is 0 Å². The highest BCUT2D eigenvalue weighted by molar-refractivity contribution is 6.27. The minimum atomic E-state index is -0.478. The molecule has 23 aromatic carbocycles. The minimum Gasteiger partial charge on any atom is -0.455 e. The number of furan rings is 1. The van der Waals surface area contributed by atoms with Gasteiger partial charge in [-0.2, -0.15) is 0 Å². The lowest BCUT2D eigenvalue weighted by Gasteiger charge is -2.19. The monoisotopic (exact) mass is 1500 g/mol. The Balaban J connectivity index is 0.000000121. The lowest BCUT2D eigenvalue weighted by Crippen LogP contribution is -1.91. The van der Waals surface area contributed by atoms with Crippen molar-refractivity contribution >= 4 is 140 Å². The zero-order valence-electron chi connectivity index (χ0n) is 84.4. The first-order valence-corrected chi connectivity index (χ1v) is 38.6. The molecule has 0 saturated heterocycles. The van der Waals surface area contributed by atoms with E-state index in [0.29, 0.717) is 33.4 Å². The minimum absolute atomic E-state index is 0.0428. The van der Waals surface area contributed by atoms with Crippen molar-refractivity contribution in [3.05, 3.63) is 448 Å². The maximum atomic E-state index is 9.30. The molecule has 0 bridgehead atoms. The van der Waals surface area contributed by atoms with E-state index >= 15 is 0 Å². The van der Waals surface area contributed by atoms with Gasteiger partial charge in [0.15, 0.2) is 0 Å². The standard InChI is InChI=1S/C42H26O.C40H26.C34H22/c1-2-16-30-27(12-1)13-10-22-31(30)28-14-9-15-29(26-28)40-33-18-3-5-20-35(33)41(36-21-6-4-19-34(36)40)38-24-11-23-37-32-17-7-8-25-39(32)43-42(37)38;1-2-12-31-26-32(25-20-27(31)10-1)40-37-17-7-5-15-35(37)39(36-16-6-8-18-38(36)40)30-23-21-29(22-24-30)34-19-9-13-28-11-3-4-14-33(28)34;1-2-12-25-22-26(21-20-23(25)10-1)33-29-15-5-7-17-31(29)34(32-18-8-6-16-30(32)33)28-19-9-13-24-11-3-4-14-27(24)28/h1-26H;1-26H;1-22H/i7D,8D,11D,17D,23D,24D,25D;1D,2D,10D,12D,20D,25D,26D;5D,6D,7D,8D,15D,16D,17D,18D. The molecule has 0 unspecified atom stereocenters. The van der Waals surface area contributed by atoms with E-state index in [0.717, 1.165) is 109 Å². The van der Waals surface area contributed by atoms with E-state index in [4.69, 9.17) is 31.8 Å². The summed E-state index contributed by atoms with van der Waals surface area (Å²) < 4.78 is 199. The Morgan fingerprint density at radius 1 is 0.162 bits per heavy atom. The van der Waals surface area contributed by atoms with Gasteiger partial charge in [0.05, 0.1) is 30.2 Å². The quantitative estimate of drug-likeness (QED) is 0.138. The first-order chi connectivity index (χ1) is 67.2. The highest BCUT2D eigenvalue weighted by Crippen LogP contribution is 2.51. The van der Waals surface area contributed by atoms with Gasteiger partial charge in [-0.05, 0) is 221 Å². The molecular weight excluding hydrogens is 1410 g/mol. The number of para-hydroxylation sites is 2. The second-order valence-corrected chi connectivity index (χ2v) is 29.0. The average Bonchev–Trinajstić information content (AvgIpc) is 1.68. The molecule has 544 valence electrons. The SMILES string of the molecule is [2H]c1c([2H])c([2H])c2c(-c3cccc4ccccc34)c3c([2H])c([2H])c([2H])c([2H])c3c(-c3ccc4ccccc4c3)c2c1[2H].[2H]c1c([2H])c([2H])c2c([2H])c(-c3c4ccccc4c(-c4ccc(-c5cccc6ccccc56)cc4)c4ccccc34)c([2H])c([2H])c2c1[2H].[2H]c1c([2H])c([2H])c2c(oc3c(-c4c5ccccc5c(-c5cccc(-c6cccc7ccccc67)c5)c5ccccc45)c([2H])c([2H])c([2H])c32)c1[2H]. The van der Waals surface area contributed by atoms with Gasteiger partial charge in [-0.3, -0.25) is 0 Å². The Morgan fingerprint density at radius 2 is 0.521 bits per heavy atom. The first kappa shape index (κ1) is 49.3. The zero-order valence-corrected chi connectivity index (χ0v) is 62.4. The molecule has 0 aliphatic heterocycles. The highest BCUT2D eigenvalue weighted by atomic mass is 16.3. The average molecular weight is 1510 g/mol. The van der Waals surface area contributed by atoms with Crippen molar-refractivity contribution in [2.75, 3.05) is 0 Å². The lowest BCUT2D eigenvalue weighted by atomic mass is 9.84. The third-order valence-corrected chi connectivity index (χ3v) is 22.5. The number of fused-ring (bicyclic) bond motifs is 14. The van der Waals surface area contributed by atoms with Crippen LogP contribution in [0.25, 0.3) is 229 Å². The van der Waals surface area contributed by atoms with Crippen LogP contribution in [0.3, 0.4) is 0 Å². The number of hydrogen-bond donors (Lipinski definition) is 0. The second-order valence-electron chi connectivity index (χ2n) is 29.0. The van der Waals surface area contributed by atoms with Gasteiger partial charge in [0.25, 0.3) is 0 Å². The van der Waals surface area contributed by atoms with Crippen molar-refractivity contribution in [2.24, 2.45) is 0 Å². The van der Waals surface area contributed by atoms with Gasteiger partial charge in [-0.1, -0.05) is 424 Å². The summed E-state index contributed by atoms with van der Waals surface area (Å²) in [5.74, 6) is 0. The van der Waals surface area contributed by atoms with Crippen LogP contribution in [-0.2, 0) is 0 Å². The van der Waals surface area contributed by atoms with Gasteiger partial charge in [0.2, 0.25) is 0 Å². The predicted octanol–water partition coefficient (Wildman–Crippen LogP) is 33.0. The fraction of sp³-hybridized carbons (Fsp3) is 0. The van der Waals surface area contributed by atoms with Crippen molar-refractivity contribution < 1.29 is 34.6 Å². The van der Waals surface area contributed by atoms with Crippen molar-refractivity contribution in [3.8, 4) is 89.0 Å². The predicted molar refractivity (Wildman–Crippen MR) is 503 cm³/mol. The van der Waals surface area contributed by atoms with E-state index in [1.54, 1.807) is 0 Å². The molecule has 1 heteroatoms. The van der Waals surface area contributed by atoms with Crippen LogP contribution in [0.4, 0.5) is 0 Å².